The molecule has 4 fully saturated rings. The molecule has 9 atom stereocenters. The van der Waals surface area contributed by atoms with Gasteiger partial charge >= 0.3 is 17.9 Å². The number of carbonyl (C=O) groups is 5. The number of fused-ring (bicyclic) bond motifs is 2. The van der Waals surface area contributed by atoms with Gasteiger partial charge < -0.3 is 44.6 Å². The van der Waals surface area contributed by atoms with Gasteiger partial charge in [0.2, 0.25) is 12.6 Å². The molecule has 14 nitrogen and oxygen atoms in total. The lowest BCUT2D eigenvalue weighted by Gasteiger charge is -2.42. The fourth-order valence-corrected chi connectivity index (χ4v) is 6.89. The van der Waals surface area contributed by atoms with Gasteiger partial charge in [-0.2, -0.15) is 0 Å². The van der Waals surface area contributed by atoms with E-state index in [9.17, 15) is 24.0 Å². The normalized spacial score (nSPS) is 30.7. The fraction of sp³-hybridized carbons (Fsp3) is 0.848. The number of hydrogen-bond acceptors (Lipinski definition) is 14. The number of carbonyl (C=O) groups excluding carboxylic acids is 5. The molecule has 0 amide bonds. The Bertz CT molecular complexity index is 1030. The number of rotatable bonds is 16. The summed E-state index contributed by atoms with van der Waals surface area (Å²) in [5.74, 6) is -2.73. The zero-order chi connectivity index (χ0) is 33.9. The molecule has 0 bridgehead atoms. The van der Waals surface area contributed by atoms with Gasteiger partial charge in [0.05, 0.1) is 62.3 Å². The van der Waals surface area contributed by atoms with Gasteiger partial charge in [0.15, 0.2) is 0 Å². The Morgan fingerprint density at radius 2 is 1.24 bits per heavy atom. The van der Waals surface area contributed by atoms with Crippen molar-refractivity contribution in [3.05, 3.63) is 0 Å². The van der Waals surface area contributed by atoms with Gasteiger partial charge in [-0.05, 0) is 57.9 Å². The second kappa shape index (κ2) is 21.5. The molecule has 2 aliphatic heterocycles. The van der Waals surface area contributed by atoms with Crippen molar-refractivity contribution >= 4 is 54.3 Å². The number of esters is 3. The molecule has 0 aromatic heterocycles. The van der Waals surface area contributed by atoms with Crippen LogP contribution in [-0.4, -0.2) is 98.4 Å². The van der Waals surface area contributed by atoms with E-state index in [1.165, 1.54) is 0 Å². The topological polar surface area (TPSA) is 202 Å². The Morgan fingerprint density at radius 3 is 1.67 bits per heavy atom. The van der Waals surface area contributed by atoms with Crippen molar-refractivity contribution in [3.8, 4) is 0 Å². The SMILES string of the molecule is CCC(=O)OC1CC(=O)C2C(OCC(COC3CCCC4OC(OC(=O)CC)CC(=O)C34)OC(=O)C(N)CCCCN)CCCC2O1.Cl.Cl. The first-order chi connectivity index (χ1) is 22.6. The first-order valence-corrected chi connectivity index (χ1v) is 17.3. The van der Waals surface area contributed by atoms with Crippen molar-refractivity contribution in [2.45, 2.75) is 146 Å². The van der Waals surface area contributed by atoms with Gasteiger partial charge in [0.25, 0.3) is 0 Å². The summed E-state index contributed by atoms with van der Waals surface area (Å²) in [6.45, 7) is 3.73. The van der Waals surface area contributed by atoms with E-state index in [2.05, 4.69) is 0 Å². The Labute approximate surface area is 300 Å². The Balaban J connectivity index is 0.00000417. The first kappa shape index (κ1) is 43.3. The molecule has 0 aromatic carbocycles. The number of hydrogen-bond donors (Lipinski definition) is 2. The number of nitrogens with two attached hydrogens (primary N) is 2. The van der Waals surface area contributed by atoms with Crippen molar-refractivity contribution in [2.24, 2.45) is 23.3 Å². The summed E-state index contributed by atoms with van der Waals surface area (Å²) in [6.07, 6.45) is 1.50. The highest BCUT2D eigenvalue weighted by Gasteiger charge is 2.47. The predicted octanol–water partition coefficient (Wildman–Crippen LogP) is 2.84. The fourth-order valence-electron chi connectivity index (χ4n) is 6.89. The molecule has 282 valence electrons. The number of ketones is 2. The summed E-state index contributed by atoms with van der Waals surface area (Å²) in [7, 11) is 0. The van der Waals surface area contributed by atoms with Crippen LogP contribution in [0.15, 0.2) is 0 Å². The summed E-state index contributed by atoms with van der Waals surface area (Å²) in [5.41, 5.74) is 11.7. The zero-order valence-corrected chi connectivity index (χ0v) is 30.1. The van der Waals surface area contributed by atoms with Gasteiger partial charge in [-0.1, -0.05) is 20.3 Å². The van der Waals surface area contributed by atoms with E-state index in [1.807, 2.05) is 0 Å². The number of halogens is 2. The Kier molecular flexibility index (Phi) is 18.9. The molecule has 2 saturated carbocycles. The maximum absolute atomic E-state index is 13.2. The molecule has 4 rings (SSSR count). The van der Waals surface area contributed by atoms with Crippen LogP contribution in [0.5, 0.6) is 0 Å². The van der Waals surface area contributed by atoms with Crippen molar-refractivity contribution < 1.29 is 57.1 Å². The molecular weight excluding hydrogens is 687 g/mol. The quantitative estimate of drug-likeness (QED) is 0.133. The van der Waals surface area contributed by atoms with Crippen LogP contribution in [0.3, 0.4) is 0 Å². The van der Waals surface area contributed by atoms with Crippen LogP contribution in [0.1, 0.15) is 97.3 Å². The summed E-state index contributed by atoms with van der Waals surface area (Å²) < 4.78 is 40.9. The standard InChI is InChI=1S/C33H52N2O12.2ClH/c1-3-27(38)46-29-15-21(36)31-23(10-7-12-25(31)44-29)41-17-19(43-33(40)20(35)9-5-6-14-34)18-42-24-11-8-13-26-32(24)22(37)16-30(45-26)47-28(39)4-2;;/h19-20,23-26,29-32H,3-18,34-35H2,1-2H3;2*1H. The highest BCUT2D eigenvalue weighted by Crippen LogP contribution is 2.38. The molecule has 0 aromatic rings. The largest absolute Gasteiger partial charge is 0.456 e. The van der Waals surface area contributed by atoms with E-state index in [-0.39, 0.29) is 75.3 Å². The number of ether oxygens (including phenoxy) is 7. The lowest BCUT2D eigenvalue weighted by atomic mass is 9.78. The summed E-state index contributed by atoms with van der Waals surface area (Å²) >= 11 is 0. The first-order valence-electron chi connectivity index (χ1n) is 17.3. The zero-order valence-electron chi connectivity index (χ0n) is 28.5. The predicted molar refractivity (Wildman–Crippen MR) is 179 cm³/mol. The minimum absolute atomic E-state index is 0. The van der Waals surface area contributed by atoms with Crippen molar-refractivity contribution in [1.82, 2.24) is 0 Å². The molecule has 2 saturated heterocycles. The van der Waals surface area contributed by atoms with Gasteiger partial charge in [-0.25, -0.2) is 0 Å². The van der Waals surface area contributed by atoms with Crippen LogP contribution in [-0.2, 0) is 57.1 Å². The lowest BCUT2D eigenvalue weighted by molar-refractivity contribution is -0.228. The molecule has 49 heavy (non-hydrogen) atoms. The monoisotopic (exact) mass is 740 g/mol. The van der Waals surface area contributed by atoms with Crippen LogP contribution in [0.4, 0.5) is 0 Å². The molecule has 16 heteroatoms. The van der Waals surface area contributed by atoms with Crippen LogP contribution in [0.25, 0.3) is 0 Å². The molecule has 0 spiro atoms. The third-order valence-electron chi connectivity index (χ3n) is 9.34. The number of Topliss-reactive ketones (excluding diaryl/α,β-unsaturated/α-hetero) is 2. The van der Waals surface area contributed by atoms with E-state index < -0.39 is 78.9 Å². The van der Waals surface area contributed by atoms with E-state index in [0.29, 0.717) is 45.1 Å². The molecule has 0 radical (unpaired) electrons. The van der Waals surface area contributed by atoms with Crippen molar-refractivity contribution in [1.29, 1.82) is 0 Å². The van der Waals surface area contributed by atoms with Gasteiger partial charge in [-0.15, -0.1) is 24.8 Å². The Hall–Kier alpha value is -1.91. The lowest BCUT2D eigenvalue weighted by Crippen LogP contribution is -2.52. The molecule has 4 aliphatic rings. The molecule has 2 heterocycles. The summed E-state index contributed by atoms with van der Waals surface area (Å²) in [6, 6.07) is -0.852. The minimum Gasteiger partial charge on any atom is -0.456 e. The van der Waals surface area contributed by atoms with Crippen LogP contribution < -0.4 is 11.5 Å². The van der Waals surface area contributed by atoms with E-state index >= 15 is 0 Å². The summed E-state index contributed by atoms with van der Waals surface area (Å²) in [5, 5.41) is 0. The van der Waals surface area contributed by atoms with Crippen LogP contribution in [0.2, 0.25) is 0 Å². The van der Waals surface area contributed by atoms with Crippen molar-refractivity contribution in [3.63, 3.8) is 0 Å². The van der Waals surface area contributed by atoms with Gasteiger partial charge in [0, 0.05) is 12.8 Å². The maximum Gasteiger partial charge on any atom is 0.323 e. The van der Waals surface area contributed by atoms with E-state index in [0.717, 1.165) is 19.3 Å². The number of unbranched alkanes of at least 4 members (excludes halogenated alkanes) is 1. The molecule has 9 unspecified atom stereocenters. The maximum atomic E-state index is 13.2. The van der Waals surface area contributed by atoms with E-state index in [1.54, 1.807) is 13.8 Å². The highest BCUT2D eigenvalue weighted by molar-refractivity contribution is 5.86. The van der Waals surface area contributed by atoms with Crippen LogP contribution in [0, 0.1) is 11.8 Å². The third kappa shape index (κ3) is 12.4. The van der Waals surface area contributed by atoms with Gasteiger partial charge in [-0.3, -0.25) is 24.0 Å². The highest BCUT2D eigenvalue weighted by atomic mass is 35.5. The second-order valence-electron chi connectivity index (χ2n) is 12.8. The van der Waals surface area contributed by atoms with E-state index in [4.69, 9.17) is 44.6 Å². The van der Waals surface area contributed by atoms with Gasteiger partial charge in [0.1, 0.15) is 23.7 Å². The van der Waals surface area contributed by atoms with Crippen molar-refractivity contribution in [2.75, 3.05) is 19.8 Å². The smallest absolute Gasteiger partial charge is 0.323 e. The summed E-state index contributed by atoms with van der Waals surface area (Å²) in [4.78, 5) is 62.9. The molecular formula is C33H54Cl2N2O12. The Morgan fingerprint density at radius 1 is 0.776 bits per heavy atom. The average molecular weight is 742 g/mol. The minimum atomic E-state index is -0.905. The second-order valence-corrected chi connectivity index (χ2v) is 12.8. The molecule has 4 N–H and O–H groups in total. The molecule has 2 aliphatic carbocycles. The van der Waals surface area contributed by atoms with Crippen LogP contribution >= 0.6 is 24.8 Å². The average Bonchev–Trinajstić information content (AvgIpc) is 3.05. The third-order valence-corrected chi connectivity index (χ3v) is 9.34.